The summed E-state index contributed by atoms with van der Waals surface area (Å²) in [7, 11) is -3.08. The zero-order valence-corrected chi connectivity index (χ0v) is 11.8. The van der Waals surface area contributed by atoms with Crippen molar-refractivity contribution in [1.29, 1.82) is 0 Å². The quantitative estimate of drug-likeness (QED) is 0.812. The van der Waals surface area contributed by atoms with Gasteiger partial charge in [-0.1, -0.05) is 30.3 Å². The van der Waals surface area contributed by atoms with E-state index in [2.05, 4.69) is 5.10 Å². The summed E-state index contributed by atoms with van der Waals surface area (Å²) in [6, 6.07) is 11.2. The maximum Gasteiger partial charge on any atom is 0.154 e. The van der Waals surface area contributed by atoms with Crippen molar-refractivity contribution in [2.24, 2.45) is 0 Å². The van der Waals surface area contributed by atoms with Crippen molar-refractivity contribution in [3.05, 3.63) is 53.9 Å². The summed E-state index contributed by atoms with van der Waals surface area (Å²) in [6.45, 7) is 2.76. The number of aromatic nitrogens is 2. The Kier molecular flexibility index (Phi) is 4.37. The van der Waals surface area contributed by atoms with Gasteiger partial charge < -0.3 is 0 Å². The Bertz CT molecular complexity index is 618. The van der Waals surface area contributed by atoms with Gasteiger partial charge in [0.2, 0.25) is 0 Å². The molecule has 0 aliphatic carbocycles. The smallest absolute Gasteiger partial charge is 0.154 e. The molecule has 0 aliphatic heterocycles. The summed E-state index contributed by atoms with van der Waals surface area (Å²) >= 11 is 0. The summed E-state index contributed by atoms with van der Waals surface area (Å²) in [5, 5.41) is 4.14. The molecule has 1 aromatic heterocycles. The third kappa shape index (κ3) is 3.92. The summed E-state index contributed by atoms with van der Waals surface area (Å²) < 4.78 is 26.0. The number of aryl methyl sites for hydroxylation is 2. The molecule has 0 amide bonds. The van der Waals surface area contributed by atoms with E-state index < -0.39 is 9.84 Å². The molecule has 19 heavy (non-hydrogen) atoms. The van der Waals surface area contributed by atoms with Gasteiger partial charge in [0.25, 0.3) is 0 Å². The van der Waals surface area contributed by atoms with E-state index in [0.29, 0.717) is 6.42 Å². The predicted molar refractivity (Wildman–Crippen MR) is 75.5 cm³/mol. The minimum atomic E-state index is -3.08. The first-order valence-electron chi connectivity index (χ1n) is 6.36. The largest absolute Gasteiger partial charge is 0.270 e. The zero-order chi connectivity index (χ0) is 13.7. The fraction of sp³-hybridized carbons (Fsp3) is 0.357. The molecule has 1 heterocycles. The Balaban J connectivity index is 1.98. The van der Waals surface area contributed by atoms with E-state index >= 15 is 0 Å². The maximum absolute atomic E-state index is 12.1. The number of nitrogens with zero attached hydrogens (tertiary/aromatic N) is 2. The molecule has 0 saturated heterocycles. The van der Waals surface area contributed by atoms with Gasteiger partial charge in [0.15, 0.2) is 9.84 Å². The van der Waals surface area contributed by atoms with Crippen LogP contribution in [0.25, 0.3) is 0 Å². The van der Waals surface area contributed by atoms with Crippen LogP contribution in [-0.4, -0.2) is 24.0 Å². The highest BCUT2D eigenvalue weighted by Crippen LogP contribution is 2.09. The van der Waals surface area contributed by atoms with Crippen molar-refractivity contribution >= 4 is 9.84 Å². The first-order valence-corrected chi connectivity index (χ1v) is 8.18. The molecular weight excluding hydrogens is 260 g/mol. The van der Waals surface area contributed by atoms with Gasteiger partial charge in [-0.05, 0) is 18.6 Å². The van der Waals surface area contributed by atoms with Crippen LogP contribution in [0.2, 0.25) is 0 Å². The maximum atomic E-state index is 12.1. The van der Waals surface area contributed by atoms with Crippen LogP contribution in [0.5, 0.6) is 0 Å². The lowest BCUT2D eigenvalue weighted by atomic mass is 10.2. The fourth-order valence-electron chi connectivity index (χ4n) is 2.02. The van der Waals surface area contributed by atoms with Crippen LogP contribution in [0.15, 0.2) is 42.6 Å². The first kappa shape index (κ1) is 13.8. The third-order valence-electron chi connectivity index (χ3n) is 3.00. The van der Waals surface area contributed by atoms with Crippen LogP contribution in [0.4, 0.5) is 0 Å². The van der Waals surface area contributed by atoms with E-state index in [9.17, 15) is 8.42 Å². The fourth-order valence-corrected chi connectivity index (χ4v) is 3.38. The van der Waals surface area contributed by atoms with Crippen LogP contribution in [-0.2, 0) is 28.6 Å². The van der Waals surface area contributed by atoms with Crippen molar-refractivity contribution in [3.8, 4) is 0 Å². The molecule has 0 atom stereocenters. The van der Waals surface area contributed by atoms with E-state index in [1.807, 2.05) is 48.0 Å². The highest BCUT2D eigenvalue weighted by molar-refractivity contribution is 7.90. The van der Waals surface area contributed by atoms with E-state index in [1.165, 1.54) is 0 Å². The molecule has 102 valence electrons. The van der Waals surface area contributed by atoms with Gasteiger partial charge in [0.1, 0.15) is 0 Å². The second kappa shape index (κ2) is 6.02. The van der Waals surface area contributed by atoms with E-state index in [0.717, 1.165) is 17.8 Å². The lowest BCUT2D eigenvalue weighted by Gasteiger charge is -2.06. The van der Waals surface area contributed by atoms with Gasteiger partial charge in [0.05, 0.1) is 11.5 Å². The van der Waals surface area contributed by atoms with Gasteiger partial charge in [-0.25, -0.2) is 8.42 Å². The molecule has 0 N–H and O–H groups in total. The SMILES string of the molecule is CCn1nccc1CCS(=O)(=O)Cc1ccccc1. The minimum Gasteiger partial charge on any atom is -0.270 e. The highest BCUT2D eigenvalue weighted by atomic mass is 32.2. The van der Waals surface area contributed by atoms with Crippen molar-refractivity contribution in [2.45, 2.75) is 25.6 Å². The Morgan fingerprint density at radius 1 is 1.16 bits per heavy atom. The molecule has 5 heteroatoms. The van der Waals surface area contributed by atoms with Crippen LogP contribution >= 0.6 is 0 Å². The van der Waals surface area contributed by atoms with Crippen molar-refractivity contribution in [1.82, 2.24) is 9.78 Å². The van der Waals surface area contributed by atoms with Crippen LogP contribution in [0.3, 0.4) is 0 Å². The normalized spacial score (nSPS) is 11.6. The van der Waals surface area contributed by atoms with Crippen LogP contribution in [0, 0.1) is 0 Å². The second-order valence-electron chi connectivity index (χ2n) is 4.47. The zero-order valence-electron chi connectivity index (χ0n) is 11.0. The summed E-state index contributed by atoms with van der Waals surface area (Å²) in [5.41, 5.74) is 1.81. The molecule has 0 spiro atoms. The molecule has 0 unspecified atom stereocenters. The number of sulfone groups is 1. The lowest BCUT2D eigenvalue weighted by molar-refractivity contribution is 0.589. The standard InChI is InChI=1S/C14H18N2O2S/c1-2-16-14(8-10-15-16)9-11-19(17,18)12-13-6-4-3-5-7-13/h3-8,10H,2,9,11-12H2,1H3. The van der Waals surface area contributed by atoms with Gasteiger partial charge in [0, 0.05) is 24.9 Å². The first-order chi connectivity index (χ1) is 9.11. The second-order valence-corrected chi connectivity index (χ2v) is 6.65. The van der Waals surface area contributed by atoms with Crippen molar-refractivity contribution in [2.75, 3.05) is 5.75 Å². The Hall–Kier alpha value is -1.62. The lowest BCUT2D eigenvalue weighted by Crippen LogP contribution is -2.13. The highest BCUT2D eigenvalue weighted by Gasteiger charge is 2.13. The predicted octanol–water partition coefficient (Wildman–Crippen LogP) is 2.06. The van der Waals surface area contributed by atoms with E-state index in [4.69, 9.17) is 0 Å². The molecule has 4 nitrogen and oxygen atoms in total. The van der Waals surface area contributed by atoms with Crippen molar-refractivity contribution in [3.63, 3.8) is 0 Å². The van der Waals surface area contributed by atoms with Gasteiger partial charge >= 0.3 is 0 Å². The third-order valence-corrected chi connectivity index (χ3v) is 4.60. The molecule has 0 fully saturated rings. The number of rotatable bonds is 6. The average Bonchev–Trinajstić information content (AvgIpc) is 2.84. The summed E-state index contributed by atoms with van der Waals surface area (Å²) in [4.78, 5) is 0. The molecule has 0 bridgehead atoms. The molecule has 2 rings (SSSR count). The van der Waals surface area contributed by atoms with Crippen LogP contribution in [0.1, 0.15) is 18.2 Å². The molecule has 1 aromatic carbocycles. The van der Waals surface area contributed by atoms with Gasteiger partial charge in [-0.15, -0.1) is 0 Å². The van der Waals surface area contributed by atoms with Crippen LogP contribution < -0.4 is 0 Å². The number of benzene rings is 1. The minimum absolute atomic E-state index is 0.105. The van der Waals surface area contributed by atoms with Crippen molar-refractivity contribution < 1.29 is 8.42 Å². The molecule has 0 aliphatic rings. The molecule has 2 aromatic rings. The number of hydrogen-bond acceptors (Lipinski definition) is 3. The van der Waals surface area contributed by atoms with E-state index in [-0.39, 0.29) is 11.5 Å². The summed E-state index contributed by atoms with van der Waals surface area (Å²) in [5.74, 6) is 0.266. The van der Waals surface area contributed by atoms with E-state index in [1.54, 1.807) is 6.20 Å². The molecule has 0 saturated carbocycles. The number of hydrogen-bond donors (Lipinski definition) is 0. The Morgan fingerprint density at radius 3 is 2.58 bits per heavy atom. The van der Waals surface area contributed by atoms with Gasteiger partial charge in [-0.3, -0.25) is 4.68 Å². The Labute approximate surface area is 114 Å². The molecule has 0 radical (unpaired) electrons. The monoisotopic (exact) mass is 278 g/mol. The summed E-state index contributed by atoms with van der Waals surface area (Å²) in [6.07, 6.45) is 2.23. The Morgan fingerprint density at radius 2 is 1.89 bits per heavy atom. The average molecular weight is 278 g/mol. The topological polar surface area (TPSA) is 52.0 Å². The van der Waals surface area contributed by atoms with Gasteiger partial charge in [-0.2, -0.15) is 5.10 Å². The molecular formula is C14H18N2O2S.